The van der Waals surface area contributed by atoms with E-state index in [0.717, 1.165) is 11.7 Å². The number of hydrogen-bond donors (Lipinski definition) is 0. The van der Waals surface area contributed by atoms with Crippen molar-refractivity contribution in [1.29, 1.82) is 0 Å². The van der Waals surface area contributed by atoms with Crippen molar-refractivity contribution < 1.29 is 4.42 Å². The monoisotopic (exact) mass is 489 g/mol. The Morgan fingerprint density at radius 1 is 0.636 bits per heavy atom. The zero-order chi connectivity index (χ0) is 25.3. The average molecular weight is 490 g/mol. The highest BCUT2D eigenvalue weighted by molar-refractivity contribution is 7.12. The van der Waals surface area contributed by atoms with Crippen LogP contribution < -0.4 is 0 Å². The summed E-state index contributed by atoms with van der Waals surface area (Å²) in [5.74, 6) is 5.39. The molecule has 0 bridgehead atoms. The lowest BCUT2D eigenvalue weighted by Crippen LogP contribution is -1.85. The molecule has 0 aliphatic heterocycles. The summed E-state index contributed by atoms with van der Waals surface area (Å²) in [6.07, 6.45) is 1.82. The number of rotatable bonds is 6. The van der Waals surface area contributed by atoms with Crippen molar-refractivity contribution in [2.24, 2.45) is 0 Å². The second-order valence-electron chi connectivity index (χ2n) is 10.6. The van der Waals surface area contributed by atoms with E-state index in [-0.39, 0.29) is 0 Å². The van der Waals surface area contributed by atoms with E-state index in [1.54, 1.807) is 0 Å². The SMILES string of the molecule is CC(C)c1ccc(C(C)C)s1.CC(C)c1cnc(C(C)C)o1.CC(C)c1csc(C(C)C)c1. The molecule has 0 N–H and O–H groups in total. The summed E-state index contributed by atoms with van der Waals surface area (Å²) in [6.45, 7) is 26.3. The normalized spacial score (nSPS) is 11.5. The van der Waals surface area contributed by atoms with Gasteiger partial charge in [-0.2, -0.15) is 0 Å². The molecule has 0 saturated heterocycles. The molecule has 4 heteroatoms. The van der Waals surface area contributed by atoms with Crippen LogP contribution in [0.25, 0.3) is 0 Å². The minimum absolute atomic E-state index is 0.391. The van der Waals surface area contributed by atoms with Crippen LogP contribution in [0.2, 0.25) is 0 Å². The first-order valence-electron chi connectivity index (χ1n) is 12.5. The molecule has 0 fully saturated rings. The van der Waals surface area contributed by atoms with Crippen LogP contribution in [-0.4, -0.2) is 4.98 Å². The summed E-state index contributed by atoms with van der Waals surface area (Å²) < 4.78 is 5.50. The van der Waals surface area contributed by atoms with Crippen LogP contribution in [0.15, 0.2) is 34.2 Å². The largest absolute Gasteiger partial charge is 0.445 e. The van der Waals surface area contributed by atoms with E-state index in [4.69, 9.17) is 4.42 Å². The van der Waals surface area contributed by atoms with Crippen molar-refractivity contribution in [3.63, 3.8) is 0 Å². The highest BCUT2D eigenvalue weighted by Gasteiger charge is 2.09. The van der Waals surface area contributed by atoms with Gasteiger partial charge in [-0.05, 0) is 52.8 Å². The Morgan fingerprint density at radius 3 is 1.39 bits per heavy atom. The number of aromatic nitrogens is 1. The molecule has 3 heterocycles. The molecule has 0 aromatic carbocycles. The van der Waals surface area contributed by atoms with Gasteiger partial charge in [0.25, 0.3) is 0 Å². The molecule has 3 aromatic heterocycles. The van der Waals surface area contributed by atoms with Gasteiger partial charge in [0.15, 0.2) is 5.89 Å². The van der Waals surface area contributed by atoms with Crippen LogP contribution >= 0.6 is 22.7 Å². The van der Waals surface area contributed by atoms with Crippen molar-refractivity contribution in [3.8, 4) is 0 Å². The number of nitrogens with zero attached hydrogens (tertiary/aromatic N) is 1. The third kappa shape index (κ3) is 10.2. The summed E-state index contributed by atoms with van der Waals surface area (Å²) in [5, 5.41) is 2.28. The molecule has 3 aromatic rings. The van der Waals surface area contributed by atoms with Crippen LogP contribution in [0.5, 0.6) is 0 Å². The van der Waals surface area contributed by atoms with Crippen molar-refractivity contribution >= 4 is 22.7 Å². The fraction of sp³-hybridized carbons (Fsp3) is 0.621. The Kier molecular flexibility index (Phi) is 12.7. The predicted octanol–water partition coefficient (Wildman–Crippen LogP) is 10.9. The van der Waals surface area contributed by atoms with Crippen LogP contribution in [0.4, 0.5) is 0 Å². The standard InChI is InChI=1S/2C10H16S.C9H15NO/c1-7(2)9-5-10(8(3)4)11-6-9;1-7(2)9-5-6-10(11-9)8(3)4;1-6(2)8-5-10-9(11-8)7(3)4/h2*5-8H,1-4H3;5-7H,1-4H3. The van der Waals surface area contributed by atoms with Gasteiger partial charge in [0.05, 0.1) is 6.20 Å². The van der Waals surface area contributed by atoms with Gasteiger partial charge in [0.1, 0.15) is 5.76 Å². The van der Waals surface area contributed by atoms with Gasteiger partial charge in [0.2, 0.25) is 0 Å². The smallest absolute Gasteiger partial charge is 0.196 e. The Labute approximate surface area is 211 Å². The summed E-state index contributed by atoms with van der Waals surface area (Å²) in [7, 11) is 0. The summed E-state index contributed by atoms with van der Waals surface area (Å²) in [6, 6.07) is 6.84. The van der Waals surface area contributed by atoms with E-state index >= 15 is 0 Å². The molecular weight excluding hydrogens is 442 g/mol. The maximum Gasteiger partial charge on any atom is 0.196 e. The molecule has 0 amide bonds. The molecule has 186 valence electrons. The van der Waals surface area contributed by atoms with Gasteiger partial charge in [-0.25, -0.2) is 4.98 Å². The molecule has 0 aliphatic rings. The lowest BCUT2D eigenvalue weighted by Gasteiger charge is -2.00. The Hall–Kier alpha value is -1.39. The van der Waals surface area contributed by atoms with E-state index in [2.05, 4.69) is 112 Å². The molecular formula is C29H47NOS2. The van der Waals surface area contributed by atoms with Crippen LogP contribution in [-0.2, 0) is 0 Å². The lowest BCUT2D eigenvalue weighted by molar-refractivity contribution is 0.422. The van der Waals surface area contributed by atoms with Crippen molar-refractivity contribution in [2.45, 2.75) is 119 Å². The van der Waals surface area contributed by atoms with E-state index in [9.17, 15) is 0 Å². The summed E-state index contributed by atoms with van der Waals surface area (Å²) >= 11 is 3.84. The number of thiophene rings is 2. The van der Waals surface area contributed by atoms with Crippen molar-refractivity contribution in [3.05, 3.63) is 61.6 Å². The summed E-state index contributed by atoms with van der Waals surface area (Å²) in [4.78, 5) is 8.69. The third-order valence-corrected chi connectivity index (χ3v) is 8.20. The van der Waals surface area contributed by atoms with E-state index < -0.39 is 0 Å². The fourth-order valence-corrected chi connectivity index (χ4v) is 4.90. The first kappa shape index (κ1) is 29.6. The van der Waals surface area contributed by atoms with Crippen LogP contribution in [0.1, 0.15) is 150 Å². The molecule has 3 rings (SSSR count). The zero-order valence-electron chi connectivity index (χ0n) is 23.0. The quantitative estimate of drug-likeness (QED) is 0.344. The fourth-order valence-electron chi connectivity index (χ4n) is 2.80. The highest BCUT2D eigenvalue weighted by atomic mass is 32.1. The van der Waals surface area contributed by atoms with E-state index in [1.807, 2.05) is 28.9 Å². The molecule has 0 saturated carbocycles. The minimum atomic E-state index is 0.391. The molecule has 0 spiro atoms. The van der Waals surface area contributed by atoms with Gasteiger partial charge < -0.3 is 4.42 Å². The number of hydrogen-bond acceptors (Lipinski definition) is 4. The minimum Gasteiger partial charge on any atom is -0.445 e. The lowest BCUT2D eigenvalue weighted by atomic mass is 10.1. The highest BCUT2D eigenvalue weighted by Crippen LogP contribution is 2.29. The summed E-state index contributed by atoms with van der Waals surface area (Å²) in [5.41, 5.74) is 1.48. The first-order valence-corrected chi connectivity index (χ1v) is 14.2. The van der Waals surface area contributed by atoms with Gasteiger partial charge in [-0.15, -0.1) is 22.7 Å². The number of oxazole rings is 1. The van der Waals surface area contributed by atoms with Crippen molar-refractivity contribution in [2.75, 3.05) is 0 Å². The van der Waals surface area contributed by atoms with Crippen LogP contribution in [0, 0.1) is 0 Å². The Bertz CT molecular complexity index is 723. The molecule has 33 heavy (non-hydrogen) atoms. The topological polar surface area (TPSA) is 26.0 Å². The zero-order valence-corrected chi connectivity index (χ0v) is 24.7. The predicted molar refractivity (Wildman–Crippen MR) is 150 cm³/mol. The van der Waals surface area contributed by atoms with E-state index in [0.29, 0.717) is 35.5 Å². The molecule has 0 radical (unpaired) electrons. The average Bonchev–Trinajstić information content (AvgIpc) is 3.49. The molecule has 2 nitrogen and oxygen atoms in total. The molecule has 0 unspecified atom stereocenters. The van der Waals surface area contributed by atoms with Gasteiger partial charge in [-0.3, -0.25) is 0 Å². The van der Waals surface area contributed by atoms with Gasteiger partial charge >= 0.3 is 0 Å². The third-order valence-electron chi connectivity index (χ3n) is 5.27. The Morgan fingerprint density at radius 2 is 1.15 bits per heavy atom. The second-order valence-corrected chi connectivity index (χ2v) is 12.6. The van der Waals surface area contributed by atoms with E-state index in [1.165, 1.54) is 20.2 Å². The van der Waals surface area contributed by atoms with Gasteiger partial charge in [-0.1, -0.05) is 83.1 Å². The maximum absolute atomic E-state index is 5.50. The molecule has 0 atom stereocenters. The first-order chi connectivity index (χ1) is 15.3. The maximum atomic E-state index is 5.50. The van der Waals surface area contributed by atoms with Crippen LogP contribution in [0.3, 0.4) is 0 Å². The Balaban J connectivity index is 0.000000247. The molecule has 0 aliphatic carbocycles. The van der Waals surface area contributed by atoms with Gasteiger partial charge in [0, 0.05) is 26.5 Å². The van der Waals surface area contributed by atoms with Crippen molar-refractivity contribution in [1.82, 2.24) is 4.98 Å². The second kappa shape index (κ2) is 14.1.